The van der Waals surface area contributed by atoms with Crippen LogP contribution in [0.4, 0.5) is 0 Å². The first-order valence-electron chi connectivity index (χ1n) is 6.05. The van der Waals surface area contributed by atoms with Gasteiger partial charge in [-0.1, -0.05) is 110 Å². The zero-order valence-corrected chi connectivity index (χ0v) is 13.7. The van der Waals surface area contributed by atoms with E-state index in [0.29, 0.717) is 0 Å². The first-order chi connectivity index (χ1) is 6.77. The van der Waals surface area contributed by atoms with E-state index < -0.39 is 0 Å². The summed E-state index contributed by atoms with van der Waals surface area (Å²) >= 11 is 5.03. The van der Waals surface area contributed by atoms with E-state index in [9.17, 15) is 0 Å². The van der Waals surface area contributed by atoms with Crippen molar-refractivity contribution in [3.05, 3.63) is 0 Å². The third-order valence-corrected chi connectivity index (χ3v) is 3.77. The summed E-state index contributed by atoms with van der Waals surface area (Å²) < 4.78 is 0.842. The predicted octanol–water partition coefficient (Wildman–Crippen LogP) is 6.10. The molecule has 0 aromatic rings. The summed E-state index contributed by atoms with van der Waals surface area (Å²) in [5, 5.41) is 0. The monoisotopic (exact) mass is 422 g/mol. The van der Waals surface area contributed by atoms with E-state index in [1.54, 1.807) is 0 Å². The van der Waals surface area contributed by atoms with E-state index in [2.05, 4.69) is 52.1 Å². The van der Waals surface area contributed by atoms with Gasteiger partial charge in [0.2, 0.25) is 0 Å². The molecule has 0 N–H and O–H groups in total. The van der Waals surface area contributed by atoms with Crippen LogP contribution in [0.3, 0.4) is 0 Å². The van der Waals surface area contributed by atoms with Crippen LogP contribution in [0.1, 0.15) is 71.1 Å². The van der Waals surface area contributed by atoms with E-state index in [4.69, 9.17) is 0 Å². The summed E-state index contributed by atoms with van der Waals surface area (Å²) in [4.78, 5) is 0. The van der Waals surface area contributed by atoms with Gasteiger partial charge in [-0.2, -0.15) is 0 Å². The van der Waals surface area contributed by atoms with E-state index in [-0.39, 0.29) is 0 Å². The average Bonchev–Trinajstić information content (AvgIpc) is 2.15. The van der Waals surface area contributed by atoms with E-state index in [1.807, 2.05) is 0 Å². The Balaban J connectivity index is 2.85. The molecule has 0 amide bonds. The lowest BCUT2D eigenvalue weighted by Crippen LogP contribution is -1.85. The van der Waals surface area contributed by atoms with Crippen molar-refractivity contribution in [3.63, 3.8) is 0 Å². The molecule has 0 aliphatic heterocycles. The summed E-state index contributed by atoms with van der Waals surface area (Å²) in [5.41, 5.74) is 0. The average molecular weight is 422 g/mol. The molecule has 2 heteroatoms. The standard InChI is InChI=1S/C12H24I2/c1-2-3-4-5-6-7-8-9-10-11-12(13)14/h12H,2-11H2,1H3. The van der Waals surface area contributed by atoms with Crippen molar-refractivity contribution in [2.45, 2.75) is 73.1 Å². The fourth-order valence-electron chi connectivity index (χ4n) is 1.61. The van der Waals surface area contributed by atoms with Gasteiger partial charge in [0.15, 0.2) is 0 Å². The van der Waals surface area contributed by atoms with Gasteiger partial charge in [-0.25, -0.2) is 0 Å². The van der Waals surface area contributed by atoms with Crippen molar-refractivity contribution < 1.29 is 0 Å². The van der Waals surface area contributed by atoms with Gasteiger partial charge in [0.1, 0.15) is 0 Å². The van der Waals surface area contributed by atoms with Crippen LogP contribution in [0, 0.1) is 0 Å². The minimum atomic E-state index is 0.842. The van der Waals surface area contributed by atoms with Gasteiger partial charge in [0.05, 0.1) is 1.93 Å². The Morgan fingerprint density at radius 3 is 1.57 bits per heavy atom. The van der Waals surface area contributed by atoms with Crippen LogP contribution in [0.5, 0.6) is 0 Å². The largest absolute Gasteiger partial charge is 0.0710 e. The molecule has 0 bridgehead atoms. The molecule has 0 nitrogen and oxygen atoms in total. The topological polar surface area (TPSA) is 0 Å². The maximum atomic E-state index is 2.51. The van der Waals surface area contributed by atoms with Crippen molar-refractivity contribution in [1.82, 2.24) is 0 Å². The van der Waals surface area contributed by atoms with Crippen LogP contribution >= 0.6 is 45.2 Å². The molecule has 0 aromatic carbocycles. The molecule has 0 aromatic heterocycles. The van der Waals surface area contributed by atoms with Crippen LogP contribution in [0.25, 0.3) is 0 Å². The Labute approximate surface area is 117 Å². The maximum Gasteiger partial charge on any atom is 0.0626 e. The maximum absolute atomic E-state index is 2.51. The first kappa shape index (κ1) is 15.5. The lowest BCUT2D eigenvalue weighted by Gasteiger charge is -2.02. The predicted molar refractivity (Wildman–Crippen MR) is 83.7 cm³/mol. The lowest BCUT2D eigenvalue weighted by molar-refractivity contribution is 0.563. The molecule has 0 heterocycles. The molecule has 0 radical (unpaired) electrons. The molecule has 0 aliphatic rings. The number of rotatable bonds is 10. The minimum Gasteiger partial charge on any atom is -0.0710 e. The number of halogens is 2. The Kier molecular flexibility index (Phi) is 13.8. The van der Waals surface area contributed by atoms with Gasteiger partial charge in [0, 0.05) is 0 Å². The summed E-state index contributed by atoms with van der Waals surface area (Å²) in [6.45, 7) is 2.28. The summed E-state index contributed by atoms with van der Waals surface area (Å²) in [6, 6.07) is 0. The van der Waals surface area contributed by atoms with Crippen molar-refractivity contribution in [1.29, 1.82) is 0 Å². The van der Waals surface area contributed by atoms with E-state index in [1.165, 1.54) is 64.2 Å². The second-order valence-corrected chi connectivity index (χ2v) is 9.40. The van der Waals surface area contributed by atoms with E-state index in [0.717, 1.165) is 1.93 Å². The van der Waals surface area contributed by atoms with Crippen LogP contribution in [-0.2, 0) is 0 Å². The second kappa shape index (κ2) is 12.5. The van der Waals surface area contributed by atoms with Crippen molar-refractivity contribution >= 4 is 45.2 Å². The van der Waals surface area contributed by atoms with Crippen LogP contribution in [0.2, 0.25) is 0 Å². The molecule has 0 saturated heterocycles. The Morgan fingerprint density at radius 2 is 1.14 bits per heavy atom. The van der Waals surface area contributed by atoms with Gasteiger partial charge in [0.25, 0.3) is 0 Å². The Bertz CT molecular complexity index is 102. The molecule has 0 unspecified atom stereocenters. The van der Waals surface area contributed by atoms with Gasteiger partial charge >= 0.3 is 0 Å². The molecule has 14 heavy (non-hydrogen) atoms. The highest BCUT2D eigenvalue weighted by Crippen LogP contribution is 2.18. The Hall–Kier alpha value is 1.46. The van der Waals surface area contributed by atoms with Crippen LogP contribution in [0.15, 0.2) is 0 Å². The van der Waals surface area contributed by atoms with Gasteiger partial charge < -0.3 is 0 Å². The lowest BCUT2D eigenvalue weighted by atomic mass is 10.1. The highest BCUT2D eigenvalue weighted by molar-refractivity contribution is 14.2. The number of alkyl halides is 2. The minimum absolute atomic E-state index is 0.842. The molecular formula is C12H24I2. The third kappa shape index (κ3) is 13.5. The third-order valence-electron chi connectivity index (χ3n) is 2.53. The zero-order valence-electron chi connectivity index (χ0n) is 9.40. The highest BCUT2D eigenvalue weighted by Gasteiger charge is 1.96. The fourth-order valence-corrected chi connectivity index (χ4v) is 2.49. The van der Waals surface area contributed by atoms with Crippen molar-refractivity contribution in [2.24, 2.45) is 0 Å². The molecular weight excluding hydrogens is 398 g/mol. The smallest absolute Gasteiger partial charge is 0.0626 e. The van der Waals surface area contributed by atoms with Crippen LogP contribution in [-0.4, -0.2) is 1.93 Å². The molecule has 0 saturated carbocycles. The van der Waals surface area contributed by atoms with Crippen molar-refractivity contribution in [3.8, 4) is 0 Å². The molecule has 0 aliphatic carbocycles. The Morgan fingerprint density at radius 1 is 0.714 bits per heavy atom. The number of unbranched alkanes of at least 4 members (excludes halogenated alkanes) is 8. The molecule has 86 valence electrons. The summed E-state index contributed by atoms with van der Waals surface area (Å²) in [7, 11) is 0. The van der Waals surface area contributed by atoms with Crippen LogP contribution < -0.4 is 0 Å². The normalized spacial score (nSPS) is 11.1. The van der Waals surface area contributed by atoms with Crippen molar-refractivity contribution in [2.75, 3.05) is 0 Å². The van der Waals surface area contributed by atoms with Gasteiger partial charge in [-0.05, 0) is 6.42 Å². The number of hydrogen-bond acceptors (Lipinski definition) is 0. The molecule has 0 atom stereocenters. The second-order valence-electron chi connectivity index (χ2n) is 4.01. The number of hydrogen-bond donors (Lipinski definition) is 0. The first-order valence-corrected chi connectivity index (χ1v) is 8.54. The van der Waals surface area contributed by atoms with Gasteiger partial charge in [-0.15, -0.1) is 0 Å². The van der Waals surface area contributed by atoms with Gasteiger partial charge in [-0.3, -0.25) is 0 Å². The SMILES string of the molecule is CCCCCCCCCCCC(I)I. The quantitative estimate of drug-likeness (QED) is 0.227. The zero-order chi connectivity index (χ0) is 10.6. The molecule has 0 rings (SSSR count). The summed E-state index contributed by atoms with van der Waals surface area (Å²) in [5.74, 6) is 0. The highest BCUT2D eigenvalue weighted by atomic mass is 127. The molecule has 0 spiro atoms. The van der Waals surface area contributed by atoms with E-state index >= 15 is 0 Å². The fraction of sp³-hybridized carbons (Fsp3) is 1.00. The molecule has 0 fully saturated rings. The summed E-state index contributed by atoms with van der Waals surface area (Å²) in [6.07, 6.45) is 14.4.